The molecule has 0 aliphatic heterocycles. The topological polar surface area (TPSA) is 85.0 Å². The second-order valence-electron chi connectivity index (χ2n) is 5.59. The maximum atomic E-state index is 13.0. The predicted octanol–water partition coefficient (Wildman–Crippen LogP) is 1.97. The van der Waals surface area contributed by atoms with E-state index < -0.39 is 11.9 Å². The third kappa shape index (κ3) is 6.66. The number of hydrogen-bond donors (Lipinski definition) is 2. The van der Waals surface area contributed by atoms with Crippen LogP contribution < -0.4 is 10.6 Å². The molecule has 0 radical (unpaired) electrons. The van der Waals surface area contributed by atoms with E-state index in [4.69, 9.17) is 0 Å². The van der Waals surface area contributed by atoms with Crippen LogP contribution in [-0.2, 0) is 32.7 Å². The molecule has 0 saturated heterocycles. The molecule has 27 heavy (non-hydrogen) atoms. The van der Waals surface area contributed by atoms with Crippen molar-refractivity contribution in [2.75, 3.05) is 13.1 Å². The molecular formula is C15H24F3IN8. The SMILES string of the molecule is CCNC(=NCc1cn(C)nc1C(F)(F)F)NCCn1cnnc1CC.I. The second-order valence-corrected chi connectivity index (χ2v) is 5.59. The fourth-order valence-corrected chi connectivity index (χ4v) is 2.43. The summed E-state index contributed by atoms with van der Waals surface area (Å²) >= 11 is 0. The molecule has 8 nitrogen and oxygen atoms in total. The van der Waals surface area contributed by atoms with Crippen molar-refractivity contribution in [3.8, 4) is 0 Å². The van der Waals surface area contributed by atoms with E-state index >= 15 is 0 Å². The summed E-state index contributed by atoms with van der Waals surface area (Å²) in [6.45, 7) is 5.52. The number of nitrogens with one attached hydrogen (secondary N) is 2. The summed E-state index contributed by atoms with van der Waals surface area (Å²) in [4.78, 5) is 4.23. The highest BCUT2D eigenvalue weighted by molar-refractivity contribution is 14.0. The zero-order valence-corrected chi connectivity index (χ0v) is 17.7. The van der Waals surface area contributed by atoms with Crippen LogP contribution in [-0.4, -0.2) is 43.6 Å². The van der Waals surface area contributed by atoms with Crippen LogP contribution in [0.25, 0.3) is 0 Å². The summed E-state index contributed by atoms with van der Waals surface area (Å²) in [5, 5.41) is 17.5. The van der Waals surface area contributed by atoms with Crippen LogP contribution in [0.4, 0.5) is 13.2 Å². The summed E-state index contributed by atoms with van der Waals surface area (Å²) in [6, 6.07) is 0. The van der Waals surface area contributed by atoms with E-state index in [1.807, 2.05) is 18.4 Å². The molecule has 12 heteroatoms. The van der Waals surface area contributed by atoms with Crippen molar-refractivity contribution < 1.29 is 13.2 Å². The lowest BCUT2D eigenvalue weighted by Crippen LogP contribution is -2.39. The Morgan fingerprint density at radius 1 is 1.26 bits per heavy atom. The first-order valence-electron chi connectivity index (χ1n) is 8.33. The highest BCUT2D eigenvalue weighted by atomic mass is 127. The number of aromatic nitrogens is 5. The molecule has 0 aliphatic rings. The Balaban J connectivity index is 0.00000364. The molecule has 2 aromatic rings. The molecule has 0 atom stereocenters. The highest BCUT2D eigenvalue weighted by Gasteiger charge is 2.36. The van der Waals surface area contributed by atoms with E-state index in [9.17, 15) is 13.2 Å². The van der Waals surface area contributed by atoms with Gasteiger partial charge in [-0.15, -0.1) is 34.2 Å². The van der Waals surface area contributed by atoms with Crippen molar-refractivity contribution in [1.82, 2.24) is 35.2 Å². The molecule has 2 N–H and O–H groups in total. The number of aryl methyl sites for hydroxylation is 2. The average Bonchev–Trinajstić information content (AvgIpc) is 3.18. The quantitative estimate of drug-likeness (QED) is 0.345. The summed E-state index contributed by atoms with van der Waals surface area (Å²) in [5.41, 5.74) is -0.874. The minimum absolute atomic E-state index is 0. The largest absolute Gasteiger partial charge is 0.435 e. The standard InChI is InChI=1S/C15H23F3N8.HI/c1-4-12-23-22-10-26(12)7-6-20-14(19-5-2)21-8-11-9-25(3)24-13(11)15(16,17)18;/h9-10H,4-8H2,1-3H3,(H2,19,20,21);1H. The molecule has 0 amide bonds. The van der Waals surface area contributed by atoms with Gasteiger partial charge in [0, 0.05) is 44.9 Å². The van der Waals surface area contributed by atoms with Gasteiger partial charge in [0.2, 0.25) is 0 Å². The van der Waals surface area contributed by atoms with Gasteiger partial charge in [-0.25, -0.2) is 4.99 Å². The van der Waals surface area contributed by atoms with Crippen LogP contribution in [0.1, 0.15) is 30.9 Å². The lowest BCUT2D eigenvalue weighted by Gasteiger charge is -2.12. The van der Waals surface area contributed by atoms with Crippen molar-refractivity contribution >= 4 is 29.9 Å². The first-order chi connectivity index (χ1) is 12.3. The molecule has 0 bridgehead atoms. The highest BCUT2D eigenvalue weighted by Crippen LogP contribution is 2.30. The van der Waals surface area contributed by atoms with E-state index in [1.165, 1.54) is 13.2 Å². The van der Waals surface area contributed by atoms with E-state index in [1.54, 1.807) is 6.33 Å². The molecule has 0 fully saturated rings. The molecule has 0 unspecified atom stereocenters. The van der Waals surface area contributed by atoms with Crippen LogP contribution in [0.15, 0.2) is 17.5 Å². The van der Waals surface area contributed by atoms with Gasteiger partial charge >= 0.3 is 6.18 Å². The number of aliphatic imine (C=N–C) groups is 1. The average molecular weight is 500 g/mol. The molecule has 0 spiro atoms. The van der Waals surface area contributed by atoms with Gasteiger partial charge in [-0.2, -0.15) is 18.3 Å². The van der Waals surface area contributed by atoms with Gasteiger partial charge in [-0.3, -0.25) is 4.68 Å². The van der Waals surface area contributed by atoms with Crippen molar-refractivity contribution in [2.24, 2.45) is 12.0 Å². The van der Waals surface area contributed by atoms with Crippen LogP contribution in [0.3, 0.4) is 0 Å². The third-order valence-electron chi connectivity index (χ3n) is 3.58. The number of rotatable bonds is 7. The number of halogens is 4. The molecule has 0 aromatic carbocycles. The van der Waals surface area contributed by atoms with Crippen LogP contribution in [0.5, 0.6) is 0 Å². The van der Waals surface area contributed by atoms with E-state index in [2.05, 4.69) is 30.9 Å². The Morgan fingerprint density at radius 3 is 2.63 bits per heavy atom. The van der Waals surface area contributed by atoms with Crippen molar-refractivity contribution in [2.45, 2.75) is 39.5 Å². The van der Waals surface area contributed by atoms with E-state index in [0.29, 0.717) is 25.6 Å². The smallest absolute Gasteiger partial charge is 0.357 e. The Hall–Kier alpha value is -1.86. The van der Waals surface area contributed by atoms with Crippen LogP contribution in [0, 0.1) is 0 Å². The molecule has 0 saturated carbocycles. The zero-order chi connectivity index (χ0) is 19.2. The van der Waals surface area contributed by atoms with Crippen LogP contribution in [0.2, 0.25) is 0 Å². The van der Waals surface area contributed by atoms with E-state index in [0.717, 1.165) is 16.9 Å². The monoisotopic (exact) mass is 500 g/mol. The minimum atomic E-state index is -4.50. The normalized spacial score (nSPS) is 12.0. The summed E-state index contributed by atoms with van der Waals surface area (Å²) in [5.74, 6) is 1.31. The Bertz CT molecular complexity index is 738. The van der Waals surface area contributed by atoms with Gasteiger partial charge in [0.1, 0.15) is 12.2 Å². The fourth-order valence-electron chi connectivity index (χ4n) is 2.43. The van der Waals surface area contributed by atoms with Crippen molar-refractivity contribution in [3.63, 3.8) is 0 Å². The zero-order valence-electron chi connectivity index (χ0n) is 15.4. The predicted molar refractivity (Wildman–Crippen MR) is 106 cm³/mol. The van der Waals surface area contributed by atoms with Gasteiger partial charge in [-0.1, -0.05) is 6.92 Å². The summed E-state index contributed by atoms with van der Waals surface area (Å²) in [7, 11) is 1.45. The van der Waals surface area contributed by atoms with Gasteiger partial charge < -0.3 is 15.2 Å². The molecule has 2 aromatic heterocycles. The maximum absolute atomic E-state index is 13.0. The van der Waals surface area contributed by atoms with Crippen molar-refractivity contribution in [3.05, 3.63) is 29.6 Å². The molecule has 152 valence electrons. The molecular weight excluding hydrogens is 476 g/mol. The first-order valence-corrected chi connectivity index (χ1v) is 8.33. The molecule has 0 aliphatic carbocycles. The van der Waals surface area contributed by atoms with Crippen LogP contribution >= 0.6 is 24.0 Å². The molecule has 2 heterocycles. The Labute approximate surface area is 172 Å². The Kier molecular flexibility index (Phi) is 8.99. The second kappa shape index (κ2) is 10.5. The van der Waals surface area contributed by atoms with Gasteiger partial charge in [0.15, 0.2) is 11.7 Å². The first kappa shape index (κ1) is 23.2. The number of nitrogens with zero attached hydrogens (tertiary/aromatic N) is 6. The lowest BCUT2D eigenvalue weighted by molar-refractivity contribution is -0.142. The van der Waals surface area contributed by atoms with Gasteiger partial charge in [0.05, 0.1) is 6.54 Å². The Morgan fingerprint density at radius 2 is 2.00 bits per heavy atom. The lowest BCUT2D eigenvalue weighted by atomic mass is 10.2. The van der Waals surface area contributed by atoms with Gasteiger partial charge in [0.25, 0.3) is 0 Å². The number of guanidine groups is 1. The summed E-state index contributed by atoms with van der Waals surface area (Å²) < 4.78 is 42.0. The van der Waals surface area contributed by atoms with Gasteiger partial charge in [-0.05, 0) is 6.92 Å². The third-order valence-corrected chi connectivity index (χ3v) is 3.58. The number of hydrogen-bond acceptors (Lipinski definition) is 4. The van der Waals surface area contributed by atoms with E-state index in [-0.39, 0.29) is 36.1 Å². The maximum Gasteiger partial charge on any atom is 0.435 e. The molecule has 2 rings (SSSR count). The number of alkyl halides is 3. The van der Waals surface area contributed by atoms with Crippen molar-refractivity contribution in [1.29, 1.82) is 0 Å². The summed E-state index contributed by atoms with van der Waals surface area (Å²) in [6.07, 6.45) is -0.741. The fraction of sp³-hybridized carbons (Fsp3) is 0.600. The minimum Gasteiger partial charge on any atom is -0.357 e.